The van der Waals surface area contributed by atoms with Crippen LogP contribution in [0.4, 0.5) is 0 Å². The smallest absolute Gasteiger partial charge is 0.307 e. The molecule has 4 unspecified atom stereocenters. The number of nitrogens with one attached hydrogen (secondary N) is 1. The van der Waals surface area contributed by atoms with Crippen molar-refractivity contribution in [1.29, 1.82) is 0 Å². The Kier molecular flexibility index (Phi) is 14.7. The molecule has 1 saturated carbocycles. The summed E-state index contributed by atoms with van der Waals surface area (Å²) < 4.78 is 0. The summed E-state index contributed by atoms with van der Waals surface area (Å²) in [4.78, 5) is 104. The Morgan fingerprint density at radius 2 is 1.62 bits per heavy atom. The number of aliphatic carboxylic acids is 1. The first kappa shape index (κ1) is 41.2. The SMILES string of the molecule is CCCC(CC(=O)C1[C@H]2CCCC2CN1C(=O)[C@@H](NC(=O)[C@H](CC(=O)c1cnccn1)C(C)C)C(C)C)C(=O)C(=O)CC(Cc1ccccc1)C(=O)O. The predicted octanol–water partition coefficient (Wildman–Crippen LogP) is 4.94. The van der Waals surface area contributed by atoms with E-state index in [1.807, 2.05) is 40.7 Å². The van der Waals surface area contributed by atoms with Gasteiger partial charge in [0.1, 0.15) is 11.7 Å². The van der Waals surface area contributed by atoms with Crippen LogP contribution in [0.5, 0.6) is 0 Å². The van der Waals surface area contributed by atoms with Crippen molar-refractivity contribution in [2.24, 2.45) is 41.4 Å². The van der Waals surface area contributed by atoms with Gasteiger partial charge in [0.2, 0.25) is 17.6 Å². The van der Waals surface area contributed by atoms with Crippen molar-refractivity contribution in [2.45, 2.75) is 104 Å². The summed E-state index contributed by atoms with van der Waals surface area (Å²) in [5.41, 5.74) is 0.895. The van der Waals surface area contributed by atoms with Gasteiger partial charge in [-0.3, -0.25) is 38.5 Å². The van der Waals surface area contributed by atoms with Gasteiger partial charge in [0.25, 0.3) is 0 Å². The summed E-state index contributed by atoms with van der Waals surface area (Å²) in [6, 6.07) is 7.14. The summed E-state index contributed by atoms with van der Waals surface area (Å²) in [6.07, 6.45) is 6.82. The van der Waals surface area contributed by atoms with Gasteiger partial charge in [0.05, 0.1) is 18.2 Å². The second-order valence-electron chi connectivity index (χ2n) is 15.5. The van der Waals surface area contributed by atoms with E-state index in [2.05, 4.69) is 15.3 Å². The van der Waals surface area contributed by atoms with Crippen LogP contribution in [-0.4, -0.2) is 79.5 Å². The number of Topliss-reactive ketones (excluding diaryl/α,β-unsaturated/α-hetero) is 4. The molecule has 0 bridgehead atoms. The quantitative estimate of drug-likeness (QED) is 0.140. The third kappa shape index (κ3) is 10.5. The first-order valence-electron chi connectivity index (χ1n) is 19.0. The summed E-state index contributed by atoms with van der Waals surface area (Å²) in [7, 11) is 0. The number of carbonyl (C=O) groups is 7. The zero-order valence-electron chi connectivity index (χ0n) is 31.5. The Morgan fingerprint density at radius 1 is 0.906 bits per heavy atom. The van der Waals surface area contributed by atoms with Gasteiger partial charge in [-0.25, -0.2) is 4.98 Å². The van der Waals surface area contributed by atoms with Gasteiger partial charge in [0.15, 0.2) is 17.3 Å². The number of hydrogen-bond acceptors (Lipinski definition) is 9. The molecule has 0 spiro atoms. The number of rotatable bonds is 20. The number of amides is 2. The van der Waals surface area contributed by atoms with Crippen molar-refractivity contribution >= 4 is 40.9 Å². The van der Waals surface area contributed by atoms with Crippen molar-refractivity contribution in [1.82, 2.24) is 20.2 Å². The Morgan fingerprint density at radius 3 is 2.23 bits per heavy atom. The minimum absolute atomic E-state index is 0.0955. The van der Waals surface area contributed by atoms with Gasteiger partial charge in [0, 0.05) is 50.0 Å². The van der Waals surface area contributed by atoms with E-state index >= 15 is 0 Å². The number of carboxylic acid groups (broad SMARTS) is 1. The van der Waals surface area contributed by atoms with Crippen LogP contribution in [-0.2, 0) is 35.2 Å². The summed E-state index contributed by atoms with van der Waals surface area (Å²) >= 11 is 0. The van der Waals surface area contributed by atoms with Gasteiger partial charge < -0.3 is 15.3 Å². The van der Waals surface area contributed by atoms with Crippen LogP contribution in [0.25, 0.3) is 0 Å². The van der Waals surface area contributed by atoms with Gasteiger partial charge in [-0.05, 0) is 54.9 Å². The molecular weight excluding hydrogens is 676 g/mol. The molecule has 286 valence electrons. The summed E-state index contributed by atoms with van der Waals surface area (Å²) in [5.74, 6) is -7.49. The van der Waals surface area contributed by atoms with Crippen molar-refractivity contribution in [3.63, 3.8) is 0 Å². The first-order chi connectivity index (χ1) is 25.2. The molecule has 1 aliphatic heterocycles. The molecule has 1 saturated heterocycles. The monoisotopic (exact) mass is 730 g/mol. The molecule has 53 heavy (non-hydrogen) atoms. The van der Waals surface area contributed by atoms with E-state index in [4.69, 9.17) is 0 Å². The highest BCUT2D eigenvalue weighted by Crippen LogP contribution is 2.43. The molecule has 2 heterocycles. The van der Waals surface area contributed by atoms with E-state index in [0.717, 1.165) is 24.8 Å². The molecule has 4 rings (SSSR count). The molecule has 2 aromatic rings. The minimum atomic E-state index is -1.17. The van der Waals surface area contributed by atoms with Crippen molar-refractivity contribution in [3.05, 3.63) is 60.2 Å². The molecular formula is C41H54N4O8. The standard InChI is InChI=1S/C41H54N4O8/c1-6-11-27(38(49)35(48)20-29(41(52)53)18-26-12-8-7-9-13-26)19-34(47)37-30-15-10-14-28(30)23-45(37)40(51)36(25(4)5)44-39(50)31(24(2)3)21-33(46)32-22-42-16-17-43-32/h7-9,12-13,16-17,22,24-25,27-31,36-37H,6,10-11,14-15,18-21,23H2,1-5H3,(H,44,50)(H,52,53)/t27?,28?,29?,30-,31+,36-,37?/m0/s1. The topological polar surface area (TPSA) is 181 Å². The molecule has 2 N–H and O–H groups in total. The average Bonchev–Trinajstić information content (AvgIpc) is 3.74. The Labute approximate surface area is 311 Å². The average molecular weight is 731 g/mol. The number of hydrogen-bond donors (Lipinski definition) is 2. The molecule has 0 radical (unpaired) electrons. The third-order valence-electron chi connectivity index (χ3n) is 11.0. The van der Waals surface area contributed by atoms with Crippen molar-refractivity contribution in [2.75, 3.05) is 6.54 Å². The number of aromatic nitrogens is 2. The summed E-state index contributed by atoms with van der Waals surface area (Å²) in [5, 5.41) is 12.8. The second kappa shape index (κ2) is 18.9. The van der Waals surface area contributed by atoms with E-state index in [0.29, 0.717) is 13.0 Å². The molecule has 1 aromatic heterocycles. The van der Waals surface area contributed by atoms with E-state index < -0.39 is 59.7 Å². The van der Waals surface area contributed by atoms with Gasteiger partial charge >= 0.3 is 5.97 Å². The fraction of sp³-hybridized carbons (Fsp3) is 0.585. The maximum absolute atomic E-state index is 14.4. The van der Waals surface area contributed by atoms with Gasteiger partial charge in [-0.2, -0.15) is 0 Å². The van der Waals surface area contributed by atoms with Crippen LogP contribution in [0, 0.1) is 41.4 Å². The van der Waals surface area contributed by atoms with Crippen LogP contribution in [0.3, 0.4) is 0 Å². The highest BCUT2D eigenvalue weighted by molar-refractivity contribution is 6.38. The second-order valence-corrected chi connectivity index (χ2v) is 15.5. The fourth-order valence-electron chi connectivity index (χ4n) is 8.01. The molecule has 7 atom stereocenters. The molecule has 2 fully saturated rings. The number of carboxylic acids is 1. The molecule has 1 aliphatic carbocycles. The van der Waals surface area contributed by atoms with Crippen LogP contribution >= 0.6 is 0 Å². The van der Waals surface area contributed by atoms with Gasteiger partial charge in [-0.15, -0.1) is 0 Å². The summed E-state index contributed by atoms with van der Waals surface area (Å²) in [6.45, 7) is 9.50. The molecule has 2 aliphatic rings. The molecule has 1 aromatic carbocycles. The minimum Gasteiger partial charge on any atom is -0.481 e. The van der Waals surface area contributed by atoms with Crippen molar-refractivity contribution < 1.29 is 38.7 Å². The Hall–Kier alpha value is -4.61. The van der Waals surface area contributed by atoms with Crippen LogP contribution in [0.15, 0.2) is 48.9 Å². The van der Waals surface area contributed by atoms with E-state index in [1.54, 1.807) is 29.2 Å². The third-order valence-corrected chi connectivity index (χ3v) is 11.0. The maximum atomic E-state index is 14.4. The maximum Gasteiger partial charge on any atom is 0.307 e. The lowest BCUT2D eigenvalue weighted by Crippen LogP contribution is -2.56. The predicted molar refractivity (Wildman–Crippen MR) is 196 cm³/mol. The van der Waals surface area contributed by atoms with Crippen LogP contribution < -0.4 is 5.32 Å². The van der Waals surface area contributed by atoms with E-state index in [9.17, 15) is 38.7 Å². The number of carbonyl (C=O) groups excluding carboxylic acids is 6. The lowest BCUT2D eigenvalue weighted by atomic mass is 9.83. The number of likely N-dealkylation sites (tertiary alicyclic amines) is 1. The highest BCUT2D eigenvalue weighted by atomic mass is 16.4. The number of ketones is 4. The first-order valence-corrected chi connectivity index (χ1v) is 19.0. The Bertz CT molecular complexity index is 1630. The zero-order valence-corrected chi connectivity index (χ0v) is 31.5. The van der Waals surface area contributed by atoms with Crippen molar-refractivity contribution in [3.8, 4) is 0 Å². The Balaban J connectivity index is 1.50. The van der Waals surface area contributed by atoms with Crippen LogP contribution in [0.1, 0.15) is 102 Å². The molecule has 12 nitrogen and oxygen atoms in total. The zero-order chi connectivity index (χ0) is 38.8. The highest BCUT2D eigenvalue weighted by Gasteiger charge is 2.51. The largest absolute Gasteiger partial charge is 0.481 e. The number of nitrogens with zero attached hydrogens (tertiary/aromatic N) is 3. The normalized spacial score (nSPS) is 20.4. The van der Waals surface area contributed by atoms with Gasteiger partial charge in [-0.1, -0.05) is 77.8 Å². The fourth-order valence-corrected chi connectivity index (χ4v) is 8.01. The van der Waals surface area contributed by atoms with Crippen LogP contribution in [0.2, 0.25) is 0 Å². The lowest BCUT2D eigenvalue weighted by molar-refractivity contribution is -0.147. The number of fused-ring (bicyclic) bond motifs is 1. The number of benzene rings is 1. The van der Waals surface area contributed by atoms with E-state index in [1.165, 1.54) is 18.6 Å². The van der Waals surface area contributed by atoms with E-state index in [-0.39, 0.29) is 72.5 Å². The molecule has 2 amide bonds. The molecule has 12 heteroatoms. The lowest BCUT2D eigenvalue weighted by Gasteiger charge is -2.33.